The summed E-state index contributed by atoms with van der Waals surface area (Å²) >= 11 is 0. The molecular weight excluding hydrogens is 472 g/mol. The summed E-state index contributed by atoms with van der Waals surface area (Å²) in [6.45, 7) is 14.5. The number of aryl methyl sites for hydroxylation is 2. The Labute approximate surface area is 226 Å². The Balaban J connectivity index is 1.20. The molecular formula is C32H38N4O2. The van der Waals surface area contributed by atoms with E-state index in [2.05, 4.69) is 73.9 Å². The highest BCUT2D eigenvalue weighted by atomic mass is 16.2. The van der Waals surface area contributed by atoms with Crippen LogP contribution in [0.15, 0.2) is 60.7 Å². The zero-order valence-corrected chi connectivity index (χ0v) is 23.0. The highest BCUT2D eigenvalue weighted by Gasteiger charge is 2.26. The van der Waals surface area contributed by atoms with E-state index in [0.29, 0.717) is 37.3 Å². The van der Waals surface area contributed by atoms with E-state index in [1.165, 1.54) is 33.6 Å². The first kappa shape index (κ1) is 25.8. The molecule has 198 valence electrons. The maximum atomic E-state index is 13.4. The summed E-state index contributed by atoms with van der Waals surface area (Å²) in [5.74, 6) is 0.0000113. The van der Waals surface area contributed by atoms with Crippen LogP contribution >= 0.6 is 0 Å². The fourth-order valence-electron chi connectivity index (χ4n) is 5.61. The molecule has 3 aromatic carbocycles. The van der Waals surface area contributed by atoms with Crippen LogP contribution in [0.5, 0.6) is 0 Å². The van der Waals surface area contributed by atoms with Crippen LogP contribution in [0.3, 0.4) is 0 Å². The molecule has 0 aliphatic carbocycles. The molecule has 0 saturated carbocycles. The van der Waals surface area contributed by atoms with Gasteiger partial charge in [0.1, 0.15) is 0 Å². The van der Waals surface area contributed by atoms with E-state index in [1.54, 1.807) is 6.07 Å². The summed E-state index contributed by atoms with van der Waals surface area (Å²) in [4.78, 5) is 35.3. The summed E-state index contributed by atoms with van der Waals surface area (Å²) in [6.07, 6.45) is 0. The lowest BCUT2D eigenvalue weighted by molar-refractivity contribution is 0.0745. The molecule has 0 unspecified atom stereocenters. The number of benzene rings is 3. The van der Waals surface area contributed by atoms with Crippen molar-refractivity contribution in [2.75, 3.05) is 62.2 Å². The van der Waals surface area contributed by atoms with E-state index < -0.39 is 0 Å². The molecule has 2 saturated heterocycles. The lowest BCUT2D eigenvalue weighted by atomic mass is 10.1. The molecule has 2 amide bonds. The highest BCUT2D eigenvalue weighted by Crippen LogP contribution is 2.26. The molecule has 6 heteroatoms. The Morgan fingerprint density at radius 1 is 0.526 bits per heavy atom. The molecule has 2 aliphatic heterocycles. The van der Waals surface area contributed by atoms with Crippen LogP contribution < -0.4 is 9.80 Å². The number of piperazine rings is 2. The Bertz CT molecular complexity index is 1240. The molecule has 6 nitrogen and oxygen atoms in total. The van der Waals surface area contributed by atoms with Gasteiger partial charge in [-0.25, -0.2) is 0 Å². The first-order chi connectivity index (χ1) is 18.3. The molecule has 0 bridgehead atoms. The van der Waals surface area contributed by atoms with Crippen molar-refractivity contribution in [1.29, 1.82) is 0 Å². The van der Waals surface area contributed by atoms with Crippen LogP contribution in [0.1, 0.15) is 43.0 Å². The molecule has 2 aliphatic rings. The summed E-state index contributed by atoms with van der Waals surface area (Å²) in [7, 11) is 0. The van der Waals surface area contributed by atoms with Crippen molar-refractivity contribution in [3.8, 4) is 0 Å². The maximum Gasteiger partial charge on any atom is 0.253 e. The van der Waals surface area contributed by atoms with Gasteiger partial charge in [-0.15, -0.1) is 0 Å². The molecule has 5 rings (SSSR count). The van der Waals surface area contributed by atoms with Gasteiger partial charge in [-0.2, -0.15) is 0 Å². The van der Waals surface area contributed by atoms with Crippen molar-refractivity contribution in [3.05, 3.63) is 94.0 Å². The van der Waals surface area contributed by atoms with E-state index in [9.17, 15) is 9.59 Å². The number of rotatable bonds is 4. The number of anilines is 2. The minimum Gasteiger partial charge on any atom is -0.368 e. The molecule has 2 fully saturated rings. The number of carbonyl (C=O) groups is 2. The summed E-state index contributed by atoms with van der Waals surface area (Å²) in [6, 6.07) is 20.1. The van der Waals surface area contributed by atoms with E-state index in [0.717, 1.165) is 26.2 Å². The smallest absolute Gasteiger partial charge is 0.253 e. The van der Waals surface area contributed by atoms with E-state index >= 15 is 0 Å². The quantitative estimate of drug-likeness (QED) is 0.504. The van der Waals surface area contributed by atoms with Crippen LogP contribution in [0.4, 0.5) is 11.4 Å². The second kappa shape index (κ2) is 10.9. The zero-order valence-electron chi connectivity index (χ0n) is 23.0. The topological polar surface area (TPSA) is 47.1 Å². The van der Waals surface area contributed by atoms with Gasteiger partial charge in [0.05, 0.1) is 0 Å². The lowest BCUT2D eigenvalue weighted by Gasteiger charge is -2.37. The van der Waals surface area contributed by atoms with Gasteiger partial charge in [-0.3, -0.25) is 9.59 Å². The summed E-state index contributed by atoms with van der Waals surface area (Å²) < 4.78 is 0. The van der Waals surface area contributed by atoms with Crippen LogP contribution in [0.2, 0.25) is 0 Å². The molecule has 0 aromatic heterocycles. The maximum absolute atomic E-state index is 13.4. The van der Waals surface area contributed by atoms with E-state index in [1.807, 2.05) is 28.0 Å². The van der Waals surface area contributed by atoms with Gasteiger partial charge in [0.25, 0.3) is 11.8 Å². The van der Waals surface area contributed by atoms with Gasteiger partial charge in [0, 0.05) is 74.9 Å². The van der Waals surface area contributed by atoms with Crippen LogP contribution in [-0.2, 0) is 0 Å². The molecule has 2 heterocycles. The fourth-order valence-corrected chi connectivity index (χ4v) is 5.61. The third kappa shape index (κ3) is 5.13. The lowest BCUT2D eigenvalue weighted by Crippen LogP contribution is -2.49. The van der Waals surface area contributed by atoms with Crippen molar-refractivity contribution in [1.82, 2.24) is 9.80 Å². The summed E-state index contributed by atoms with van der Waals surface area (Å²) in [5, 5.41) is 0. The molecule has 0 spiro atoms. The van der Waals surface area contributed by atoms with Crippen molar-refractivity contribution in [3.63, 3.8) is 0 Å². The van der Waals surface area contributed by atoms with Gasteiger partial charge in [-0.05, 0) is 80.3 Å². The van der Waals surface area contributed by atoms with Gasteiger partial charge in [0.15, 0.2) is 0 Å². The largest absolute Gasteiger partial charge is 0.368 e. The average Bonchev–Trinajstić information content (AvgIpc) is 2.95. The minimum absolute atomic E-state index is 0.00000565. The normalized spacial score (nSPS) is 16.1. The SMILES string of the molecule is Cc1cccc(N2CCN(C(=O)c3cccc(C(=O)N4CCN(c5cccc(C)c5C)CC4)c3)CC2)c1C. The fraction of sp³-hybridized carbons (Fsp3) is 0.375. The number of amides is 2. The van der Waals surface area contributed by atoms with Crippen molar-refractivity contribution >= 4 is 23.2 Å². The van der Waals surface area contributed by atoms with Crippen molar-refractivity contribution in [2.45, 2.75) is 27.7 Å². The number of hydrogen-bond donors (Lipinski definition) is 0. The van der Waals surface area contributed by atoms with Crippen molar-refractivity contribution < 1.29 is 9.59 Å². The third-order valence-electron chi connectivity index (χ3n) is 8.32. The highest BCUT2D eigenvalue weighted by molar-refractivity contribution is 6.00. The van der Waals surface area contributed by atoms with Gasteiger partial charge >= 0.3 is 0 Å². The molecule has 0 atom stereocenters. The predicted octanol–water partition coefficient (Wildman–Crippen LogP) is 4.85. The zero-order chi connectivity index (χ0) is 26.8. The van der Waals surface area contributed by atoms with Crippen LogP contribution in [0.25, 0.3) is 0 Å². The van der Waals surface area contributed by atoms with Crippen molar-refractivity contribution in [2.24, 2.45) is 0 Å². The molecule has 3 aromatic rings. The number of nitrogens with zero attached hydrogens (tertiary/aromatic N) is 4. The molecule has 0 N–H and O–H groups in total. The number of carbonyl (C=O) groups excluding carboxylic acids is 2. The number of hydrogen-bond acceptors (Lipinski definition) is 4. The van der Waals surface area contributed by atoms with Gasteiger partial charge in [-0.1, -0.05) is 30.3 Å². The first-order valence-electron chi connectivity index (χ1n) is 13.6. The Hall–Kier alpha value is -3.80. The molecule has 38 heavy (non-hydrogen) atoms. The molecule has 0 radical (unpaired) electrons. The second-order valence-corrected chi connectivity index (χ2v) is 10.6. The van der Waals surface area contributed by atoms with E-state index in [-0.39, 0.29) is 11.8 Å². The van der Waals surface area contributed by atoms with Crippen LogP contribution in [-0.4, -0.2) is 74.0 Å². The first-order valence-corrected chi connectivity index (χ1v) is 13.6. The monoisotopic (exact) mass is 510 g/mol. The predicted molar refractivity (Wildman–Crippen MR) is 155 cm³/mol. The Kier molecular flexibility index (Phi) is 7.41. The van der Waals surface area contributed by atoms with E-state index in [4.69, 9.17) is 0 Å². The third-order valence-corrected chi connectivity index (χ3v) is 8.32. The van der Waals surface area contributed by atoms with Gasteiger partial charge in [0.2, 0.25) is 0 Å². The van der Waals surface area contributed by atoms with Gasteiger partial charge < -0.3 is 19.6 Å². The second-order valence-electron chi connectivity index (χ2n) is 10.6. The Morgan fingerprint density at radius 2 is 0.895 bits per heavy atom. The minimum atomic E-state index is 0.00000565. The standard InChI is InChI=1S/C32H38N4O2/c1-23-8-5-12-29(25(23)3)33-14-18-35(19-15-33)31(37)27-10-7-11-28(22-27)32(38)36-20-16-34(17-21-36)30-13-6-9-24(2)26(30)4/h5-13,22H,14-21H2,1-4H3. The average molecular weight is 511 g/mol. The summed E-state index contributed by atoms with van der Waals surface area (Å²) in [5.41, 5.74) is 8.85. The Morgan fingerprint density at radius 3 is 1.29 bits per heavy atom. The van der Waals surface area contributed by atoms with Crippen LogP contribution in [0, 0.1) is 27.7 Å².